The van der Waals surface area contributed by atoms with Crippen LogP contribution in [0.1, 0.15) is 27.2 Å². The first-order valence-corrected chi connectivity index (χ1v) is 4.36. The highest BCUT2D eigenvalue weighted by Crippen LogP contribution is 2.04. The molecule has 0 atom stereocenters. The maximum Gasteiger partial charge on any atom is 0.119 e. The molecule has 0 spiro atoms. The van der Waals surface area contributed by atoms with Crippen molar-refractivity contribution in [3.63, 3.8) is 0 Å². The lowest BCUT2D eigenvalue weighted by Crippen LogP contribution is -2.00. The van der Waals surface area contributed by atoms with Crippen LogP contribution in [0.4, 0.5) is 0 Å². The van der Waals surface area contributed by atoms with E-state index in [1.807, 2.05) is 26.0 Å². The van der Waals surface area contributed by atoms with Crippen molar-refractivity contribution in [3.8, 4) is 0 Å². The molecule has 0 N–H and O–H groups in total. The standard InChI is InChI=1S/C11H18O/c1-5-7-9-11(8-6-2)12-10(3)4/h6-10H,2,5H2,1,3-4H3/b9-7-,11-8+. The maximum absolute atomic E-state index is 5.50. The van der Waals surface area contributed by atoms with E-state index in [-0.39, 0.29) is 6.10 Å². The predicted molar refractivity (Wildman–Crippen MR) is 53.9 cm³/mol. The molecular formula is C11H18O. The average Bonchev–Trinajstić information content (AvgIpc) is 2.00. The van der Waals surface area contributed by atoms with Crippen LogP contribution < -0.4 is 0 Å². The number of allylic oxidation sites excluding steroid dienone is 4. The van der Waals surface area contributed by atoms with Gasteiger partial charge in [0.15, 0.2) is 0 Å². The summed E-state index contributed by atoms with van der Waals surface area (Å²) < 4.78 is 5.50. The van der Waals surface area contributed by atoms with E-state index in [0.717, 1.165) is 12.2 Å². The normalized spacial score (nSPS) is 12.5. The van der Waals surface area contributed by atoms with Crippen LogP contribution in [0.5, 0.6) is 0 Å². The summed E-state index contributed by atoms with van der Waals surface area (Å²) in [6.07, 6.45) is 8.89. The van der Waals surface area contributed by atoms with Crippen molar-refractivity contribution in [1.82, 2.24) is 0 Å². The van der Waals surface area contributed by atoms with Crippen molar-refractivity contribution in [2.45, 2.75) is 33.3 Å². The van der Waals surface area contributed by atoms with Gasteiger partial charge in [0, 0.05) is 0 Å². The summed E-state index contributed by atoms with van der Waals surface area (Å²) in [4.78, 5) is 0. The molecular weight excluding hydrogens is 148 g/mol. The Hall–Kier alpha value is -0.980. The van der Waals surface area contributed by atoms with Gasteiger partial charge in [0.1, 0.15) is 5.76 Å². The molecule has 0 bridgehead atoms. The minimum absolute atomic E-state index is 0.220. The minimum atomic E-state index is 0.220. The van der Waals surface area contributed by atoms with Gasteiger partial charge in [-0.3, -0.25) is 0 Å². The van der Waals surface area contributed by atoms with E-state index in [2.05, 4.69) is 19.6 Å². The average molecular weight is 166 g/mol. The first-order valence-electron chi connectivity index (χ1n) is 4.36. The molecule has 0 heterocycles. The van der Waals surface area contributed by atoms with E-state index in [0.29, 0.717) is 0 Å². The first-order chi connectivity index (χ1) is 5.70. The zero-order valence-electron chi connectivity index (χ0n) is 8.21. The topological polar surface area (TPSA) is 9.23 Å². The van der Waals surface area contributed by atoms with Crippen molar-refractivity contribution in [2.75, 3.05) is 0 Å². The smallest absolute Gasteiger partial charge is 0.119 e. The molecule has 0 saturated carbocycles. The largest absolute Gasteiger partial charge is 0.491 e. The van der Waals surface area contributed by atoms with E-state index >= 15 is 0 Å². The molecule has 0 aliphatic carbocycles. The van der Waals surface area contributed by atoms with Crippen LogP contribution >= 0.6 is 0 Å². The van der Waals surface area contributed by atoms with Crippen molar-refractivity contribution in [3.05, 3.63) is 36.6 Å². The van der Waals surface area contributed by atoms with Crippen LogP contribution in [0.25, 0.3) is 0 Å². The Morgan fingerprint density at radius 3 is 2.58 bits per heavy atom. The summed E-state index contributed by atoms with van der Waals surface area (Å²) in [6, 6.07) is 0. The van der Waals surface area contributed by atoms with Gasteiger partial charge in [-0.25, -0.2) is 0 Å². The van der Waals surface area contributed by atoms with Gasteiger partial charge >= 0.3 is 0 Å². The zero-order chi connectivity index (χ0) is 9.40. The zero-order valence-corrected chi connectivity index (χ0v) is 8.21. The highest BCUT2D eigenvalue weighted by Gasteiger charge is 1.94. The third-order valence-electron chi connectivity index (χ3n) is 1.17. The molecule has 0 aromatic heterocycles. The van der Waals surface area contributed by atoms with Crippen LogP contribution in [0.3, 0.4) is 0 Å². The Labute approximate surface area is 75.4 Å². The molecule has 0 aromatic carbocycles. The molecule has 12 heavy (non-hydrogen) atoms. The van der Waals surface area contributed by atoms with Crippen LogP contribution in [-0.4, -0.2) is 6.10 Å². The van der Waals surface area contributed by atoms with Crippen molar-refractivity contribution < 1.29 is 4.74 Å². The van der Waals surface area contributed by atoms with Gasteiger partial charge in [-0.1, -0.05) is 25.7 Å². The SMILES string of the molecule is C=C/C=C(\C=C/CC)OC(C)C. The third-order valence-corrected chi connectivity index (χ3v) is 1.17. The van der Waals surface area contributed by atoms with Crippen molar-refractivity contribution in [2.24, 2.45) is 0 Å². The highest BCUT2D eigenvalue weighted by molar-refractivity contribution is 5.17. The van der Waals surface area contributed by atoms with Crippen molar-refractivity contribution in [1.29, 1.82) is 0 Å². The van der Waals surface area contributed by atoms with E-state index < -0.39 is 0 Å². The second-order valence-electron chi connectivity index (χ2n) is 2.78. The Morgan fingerprint density at radius 2 is 2.17 bits per heavy atom. The number of rotatable bonds is 5. The lowest BCUT2D eigenvalue weighted by Gasteiger charge is -2.09. The number of hydrogen-bond acceptors (Lipinski definition) is 1. The van der Waals surface area contributed by atoms with E-state index in [9.17, 15) is 0 Å². The third kappa shape index (κ3) is 5.78. The first kappa shape index (κ1) is 11.0. The molecule has 0 rings (SSSR count). The second-order valence-corrected chi connectivity index (χ2v) is 2.78. The quantitative estimate of drug-likeness (QED) is 0.449. The summed E-state index contributed by atoms with van der Waals surface area (Å²) >= 11 is 0. The van der Waals surface area contributed by atoms with E-state index in [1.165, 1.54) is 0 Å². The summed E-state index contributed by atoms with van der Waals surface area (Å²) in [5.41, 5.74) is 0. The number of hydrogen-bond donors (Lipinski definition) is 0. The minimum Gasteiger partial charge on any atom is -0.491 e. The van der Waals surface area contributed by atoms with Gasteiger partial charge in [0.2, 0.25) is 0 Å². The van der Waals surface area contributed by atoms with Crippen LogP contribution in [0.2, 0.25) is 0 Å². The second kappa shape index (κ2) is 6.71. The maximum atomic E-state index is 5.50. The van der Waals surface area contributed by atoms with E-state index in [4.69, 9.17) is 4.74 Å². The Balaban J connectivity index is 4.14. The number of ether oxygens (including phenoxy) is 1. The van der Waals surface area contributed by atoms with Gasteiger partial charge in [-0.05, 0) is 32.4 Å². The Kier molecular flexibility index (Phi) is 6.16. The van der Waals surface area contributed by atoms with Crippen molar-refractivity contribution >= 4 is 0 Å². The Bertz CT molecular complexity index is 175. The summed E-state index contributed by atoms with van der Waals surface area (Å²) in [5, 5.41) is 0. The van der Waals surface area contributed by atoms with Crippen LogP contribution in [0.15, 0.2) is 36.6 Å². The molecule has 0 radical (unpaired) electrons. The molecule has 1 heteroatoms. The molecule has 0 amide bonds. The van der Waals surface area contributed by atoms with E-state index in [1.54, 1.807) is 6.08 Å². The monoisotopic (exact) mass is 166 g/mol. The van der Waals surface area contributed by atoms with Gasteiger partial charge in [0.25, 0.3) is 0 Å². The molecule has 68 valence electrons. The van der Waals surface area contributed by atoms with Crippen LogP contribution in [-0.2, 0) is 4.74 Å². The van der Waals surface area contributed by atoms with Gasteiger partial charge < -0.3 is 4.74 Å². The van der Waals surface area contributed by atoms with Crippen LogP contribution in [0, 0.1) is 0 Å². The van der Waals surface area contributed by atoms with Gasteiger partial charge in [-0.2, -0.15) is 0 Å². The highest BCUT2D eigenvalue weighted by atomic mass is 16.5. The molecule has 1 nitrogen and oxygen atoms in total. The lowest BCUT2D eigenvalue weighted by molar-refractivity contribution is 0.158. The van der Waals surface area contributed by atoms with Gasteiger partial charge in [-0.15, -0.1) is 0 Å². The summed E-state index contributed by atoms with van der Waals surface area (Å²) in [6.45, 7) is 9.74. The summed E-state index contributed by atoms with van der Waals surface area (Å²) in [7, 11) is 0. The fourth-order valence-electron chi connectivity index (χ4n) is 0.756. The molecule has 0 saturated heterocycles. The molecule has 0 unspecified atom stereocenters. The lowest BCUT2D eigenvalue weighted by atomic mass is 10.3. The summed E-state index contributed by atoms with van der Waals surface area (Å²) in [5.74, 6) is 0.877. The molecule has 0 aliphatic rings. The predicted octanol–water partition coefficient (Wildman–Crippen LogP) is 3.45. The fraction of sp³-hybridized carbons (Fsp3) is 0.455. The van der Waals surface area contributed by atoms with Gasteiger partial charge in [0.05, 0.1) is 6.10 Å². The Morgan fingerprint density at radius 1 is 1.50 bits per heavy atom. The molecule has 0 aromatic rings. The molecule has 0 aliphatic heterocycles. The molecule has 0 fully saturated rings. The fourth-order valence-corrected chi connectivity index (χ4v) is 0.756.